The lowest BCUT2D eigenvalue weighted by Gasteiger charge is -2.40. The first-order chi connectivity index (χ1) is 12.6. The van der Waals surface area contributed by atoms with Crippen LogP contribution < -0.4 is 10.2 Å². The van der Waals surface area contributed by atoms with Gasteiger partial charge in [0.15, 0.2) is 0 Å². The van der Waals surface area contributed by atoms with Crippen LogP contribution in [0.15, 0.2) is 47.4 Å². The lowest BCUT2D eigenvalue weighted by Crippen LogP contribution is -2.50. The number of carbonyl (C=O) groups is 2. The molecule has 2 aromatic rings. The largest absolute Gasteiger partial charge is 0.354 e. The van der Waals surface area contributed by atoms with Crippen molar-refractivity contribution in [2.75, 3.05) is 30.1 Å². The molecule has 6 heteroatoms. The zero-order chi connectivity index (χ0) is 18.3. The number of hydrogen-bond donors (Lipinski definition) is 1. The van der Waals surface area contributed by atoms with Crippen LogP contribution in [0.5, 0.6) is 0 Å². The van der Waals surface area contributed by atoms with Crippen LogP contribution in [-0.4, -0.2) is 42.7 Å². The Kier molecular flexibility index (Phi) is 4.36. The molecule has 0 bridgehead atoms. The number of benzene rings is 2. The first-order valence-electron chi connectivity index (χ1n) is 8.72. The van der Waals surface area contributed by atoms with E-state index >= 15 is 0 Å². The third-order valence-electron chi connectivity index (χ3n) is 5.13. The molecule has 26 heavy (non-hydrogen) atoms. The Morgan fingerprint density at radius 2 is 2.08 bits per heavy atom. The van der Waals surface area contributed by atoms with E-state index < -0.39 is 0 Å². The molecular weight excluding hydrogens is 346 g/mol. The molecule has 2 aromatic carbocycles. The summed E-state index contributed by atoms with van der Waals surface area (Å²) in [5, 5.41) is 2.95. The Morgan fingerprint density at radius 3 is 2.88 bits per heavy atom. The molecule has 1 fully saturated rings. The molecule has 4 rings (SSSR count). The van der Waals surface area contributed by atoms with E-state index in [9.17, 15) is 9.59 Å². The average Bonchev–Trinajstić information content (AvgIpc) is 3.16. The minimum absolute atomic E-state index is 0.0697. The summed E-state index contributed by atoms with van der Waals surface area (Å²) in [6.07, 6.45) is 4.10. The molecule has 5 nitrogen and oxygen atoms in total. The van der Waals surface area contributed by atoms with E-state index in [-0.39, 0.29) is 18.0 Å². The highest BCUT2D eigenvalue weighted by molar-refractivity contribution is 7.98. The molecule has 1 atom stereocenters. The Labute approximate surface area is 157 Å². The SMILES string of the molecule is CSc1cccc(NC(=O)c2ccc3c(c2)N(C)[C@@H]2CCCN2C3=O)c1. The van der Waals surface area contributed by atoms with E-state index in [1.165, 1.54) is 0 Å². The number of nitrogens with zero attached hydrogens (tertiary/aromatic N) is 2. The standard InChI is InChI=1S/C20H21N3O2S/c1-22-17-11-13(19(24)21-14-5-3-6-15(12-14)26-2)8-9-16(17)20(25)23-10-4-7-18(22)23/h3,5-6,8-9,11-12,18H,4,7,10H2,1-2H3,(H,21,24)/t18-/m0/s1. The van der Waals surface area contributed by atoms with Gasteiger partial charge in [-0.25, -0.2) is 0 Å². The number of hydrogen-bond acceptors (Lipinski definition) is 4. The Bertz CT molecular complexity index is 883. The maximum Gasteiger partial charge on any atom is 0.257 e. The monoisotopic (exact) mass is 367 g/mol. The van der Waals surface area contributed by atoms with E-state index in [2.05, 4.69) is 10.2 Å². The molecule has 1 saturated heterocycles. The third-order valence-corrected chi connectivity index (χ3v) is 5.85. The zero-order valence-corrected chi connectivity index (χ0v) is 15.7. The van der Waals surface area contributed by atoms with Gasteiger partial charge in [-0.15, -0.1) is 11.8 Å². The van der Waals surface area contributed by atoms with Crippen LogP contribution in [0.4, 0.5) is 11.4 Å². The minimum atomic E-state index is -0.166. The highest BCUT2D eigenvalue weighted by Gasteiger charge is 2.38. The van der Waals surface area contributed by atoms with E-state index in [0.717, 1.165) is 35.7 Å². The van der Waals surface area contributed by atoms with Gasteiger partial charge in [-0.3, -0.25) is 9.59 Å². The normalized spacial score (nSPS) is 18.5. The molecular formula is C20H21N3O2S. The molecule has 0 aliphatic carbocycles. The van der Waals surface area contributed by atoms with Gasteiger partial charge in [-0.05, 0) is 55.5 Å². The summed E-state index contributed by atoms with van der Waals surface area (Å²) >= 11 is 1.63. The van der Waals surface area contributed by atoms with Crippen molar-refractivity contribution in [2.45, 2.75) is 23.9 Å². The Hall–Kier alpha value is -2.47. The van der Waals surface area contributed by atoms with Crippen LogP contribution in [0.1, 0.15) is 33.6 Å². The van der Waals surface area contributed by atoms with Gasteiger partial charge in [0.1, 0.15) is 6.17 Å². The van der Waals surface area contributed by atoms with Crippen LogP contribution in [0.25, 0.3) is 0 Å². The highest BCUT2D eigenvalue weighted by Crippen LogP contribution is 2.35. The number of carbonyl (C=O) groups excluding carboxylic acids is 2. The summed E-state index contributed by atoms with van der Waals surface area (Å²) in [4.78, 5) is 30.5. The van der Waals surface area contributed by atoms with Gasteiger partial charge in [0.05, 0.1) is 11.3 Å². The molecule has 2 heterocycles. The Balaban J connectivity index is 1.61. The van der Waals surface area contributed by atoms with Gasteiger partial charge in [0.25, 0.3) is 11.8 Å². The predicted molar refractivity (Wildman–Crippen MR) is 105 cm³/mol. The summed E-state index contributed by atoms with van der Waals surface area (Å²) < 4.78 is 0. The second-order valence-electron chi connectivity index (χ2n) is 6.65. The smallest absolute Gasteiger partial charge is 0.257 e. The number of fused-ring (bicyclic) bond motifs is 2. The van der Waals surface area contributed by atoms with Crippen molar-refractivity contribution >= 4 is 35.0 Å². The first-order valence-corrected chi connectivity index (χ1v) is 9.94. The molecule has 0 aromatic heterocycles. The van der Waals surface area contributed by atoms with Crippen molar-refractivity contribution in [1.29, 1.82) is 0 Å². The van der Waals surface area contributed by atoms with Crippen LogP contribution in [0, 0.1) is 0 Å². The molecule has 0 unspecified atom stereocenters. The quantitative estimate of drug-likeness (QED) is 0.841. The molecule has 0 radical (unpaired) electrons. The molecule has 0 spiro atoms. The molecule has 2 aliphatic rings. The van der Waals surface area contributed by atoms with Crippen molar-refractivity contribution in [1.82, 2.24) is 4.90 Å². The van der Waals surface area contributed by atoms with Gasteiger partial charge in [0.2, 0.25) is 0 Å². The van der Waals surface area contributed by atoms with Crippen molar-refractivity contribution in [3.05, 3.63) is 53.6 Å². The number of amides is 2. The summed E-state index contributed by atoms with van der Waals surface area (Å²) in [5.74, 6) is -0.0963. The highest BCUT2D eigenvalue weighted by atomic mass is 32.2. The Morgan fingerprint density at radius 1 is 1.23 bits per heavy atom. The van der Waals surface area contributed by atoms with Crippen LogP contribution in [0.3, 0.4) is 0 Å². The fourth-order valence-electron chi connectivity index (χ4n) is 3.75. The van der Waals surface area contributed by atoms with Gasteiger partial charge in [-0.2, -0.15) is 0 Å². The van der Waals surface area contributed by atoms with Crippen molar-refractivity contribution in [3.63, 3.8) is 0 Å². The van der Waals surface area contributed by atoms with E-state index in [1.807, 2.05) is 48.5 Å². The van der Waals surface area contributed by atoms with E-state index in [1.54, 1.807) is 23.9 Å². The van der Waals surface area contributed by atoms with Crippen LogP contribution >= 0.6 is 11.8 Å². The molecule has 0 saturated carbocycles. The zero-order valence-electron chi connectivity index (χ0n) is 14.9. The molecule has 134 valence electrons. The second kappa shape index (κ2) is 6.68. The van der Waals surface area contributed by atoms with Crippen LogP contribution in [-0.2, 0) is 0 Å². The lowest BCUT2D eigenvalue weighted by molar-refractivity contribution is 0.0719. The fourth-order valence-corrected chi connectivity index (χ4v) is 4.21. The molecule has 1 N–H and O–H groups in total. The van der Waals surface area contributed by atoms with Gasteiger partial charge in [-0.1, -0.05) is 6.07 Å². The van der Waals surface area contributed by atoms with Gasteiger partial charge in [0, 0.05) is 29.7 Å². The number of anilines is 2. The molecule has 2 amide bonds. The maximum atomic E-state index is 12.7. The molecule has 2 aliphatic heterocycles. The van der Waals surface area contributed by atoms with E-state index in [4.69, 9.17) is 0 Å². The van der Waals surface area contributed by atoms with Crippen molar-refractivity contribution in [3.8, 4) is 0 Å². The van der Waals surface area contributed by atoms with Gasteiger partial charge >= 0.3 is 0 Å². The third kappa shape index (κ3) is 2.84. The summed E-state index contributed by atoms with van der Waals surface area (Å²) in [6, 6.07) is 13.1. The average molecular weight is 367 g/mol. The summed E-state index contributed by atoms with van der Waals surface area (Å²) in [7, 11) is 2.00. The van der Waals surface area contributed by atoms with Crippen molar-refractivity contribution in [2.24, 2.45) is 0 Å². The number of nitrogens with one attached hydrogen (secondary N) is 1. The van der Waals surface area contributed by atoms with Crippen molar-refractivity contribution < 1.29 is 9.59 Å². The summed E-state index contributed by atoms with van der Waals surface area (Å²) in [5.41, 5.74) is 2.84. The second-order valence-corrected chi connectivity index (χ2v) is 7.53. The summed E-state index contributed by atoms with van der Waals surface area (Å²) in [6.45, 7) is 0.807. The lowest BCUT2D eigenvalue weighted by atomic mass is 10.0. The number of rotatable bonds is 3. The topological polar surface area (TPSA) is 52.7 Å². The van der Waals surface area contributed by atoms with E-state index in [0.29, 0.717) is 11.1 Å². The minimum Gasteiger partial charge on any atom is -0.354 e. The van der Waals surface area contributed by atoms with Gasteiger partial charge < -0.3 is 15.1 Å². The first kappa shape index (κ1) is 17.0. The fraction of sp³-hybridized carbons (Fsp3) is 0.300. The maximum absolute atomic E-state index is 12.7. The number of thioether (sulfide) groups is 1. The predicted octanol–water partition coefficient (Wildman–Crippen LogP) is 3.67. The van der Waals surface area contributed by atoms with Crippen LogP contribution in [0.2, 0.25) is 0 Å².